The summed E-state index contributed by atoms with van der Waals surface area (Å²) >= 11 is 0. The number of ether oxygens (including phenoxy) is 2. The quantitative estimate of drug-likeness (QED) is 0.630. The minimum atomic E-state index is -0.811. The molecule has 0 aliphatic rings. The Morgan fingerprint density at radius 1 is 0.727 bits per heavy atom. The topological polar surface area (TPSA) is 86.7 Å². The van der Waals surface area contributed by atoms with Gasteiger partial charge in [0, 0.05) is 13.8 Å². The van der Waals surface area contributed by atoms with Gasteiger partial charge in [0.2, 0.25) is 0 Å². The van der Waals surface area contributed by atoms with E-state index in [9.17, 15) is 19.2 Å². The summed E-state index contributed by atoms with van der Waals surface area (Å²) in [7, 11) is 0. The van der Waals surface area contributed by atoms with Gasteiger partial charge in [0.25, 0.3) is 0 Å². The van der Waals surface area contributed by atoms with Gasteiger partial charge in [-0.15, -0.1) is 0 Å². The van der Waals surface area contributed by atoms with E-state index in [4.69, 9.17) is 0 Å². The minimum absolute atomic E-state index is 0.115. The fourth-order valence-electron chi connectivity index (χ4n) is 1.12. The predicted octanol–water partition coefficient (Wildman–Crippen LogP) is 2.90. The molecule has 0 atom stereocenters. The van der Waals surface area contributed by atoms with Crippen molar-refractivity contribution in [2.24, 2.45) is 0 Å². The van der Waals surface area contributed by atoms with Crippen molar-refractivity contribution in [2.75, 3.05) is 0 Å². The van der Waals surface area contributed by atoms with Crippen LogP contribution in [0.15, 0.2) is 24.3 Å². The van der Waals surface area contributed by atoms with Crippen molar-refractivity contribution in [3.05, 3.63) is 35.4 Å². The Bertz CT molecular complexity index is 481. The molecule has 0 amide bonds. The zero-order valence-electron chi connectivity index (χ0n) is 13.2. The summed E-state index contributed by atoms with van der Waals surface area (Å²) in [6, 6.07) is 5.17. The van der Waals surface area contributed by atoms with Gasteiger partial charge in [0.15, 0.2) is 0 Å². The van der Waals surface area contributed by atoms with Crippen molar-refractivity contribution in [1.82, 2.24) is 0 Å². The van der Waals surface area contributed by atoms with Crippen LogP contribution in [0.4, 0.5) is 0 Å². The number of carbonyl (C=O) groups is 4. The van der Waals surface area contributed by atoms with E-state index < -0.39 is 23.9 Å². The Hall–Kier alpha value is -2.50. The van der Waals surface area contributed by atoms with Crippen LogP contribution in [0.1, 0.15) is 61.3 Å². The Labute approximate surface area is 129 Å². The lowest BCUT2D eigenvalue weighted by atomic mass is 10.1. The molecule has 0 saturated carbocycles. The molecular formula is C16H20O6. The summed E-state index contributed by atoms with van der Waals surface area (Å²) in [5, 5.41) is 0. The van der Waals surface area contributed by atoms with Gasteiger partial charge in [-0.2, -0.15) is 0 Å². The molecule has 22 heavy (non-hydrogen) atoms. The maximum absolute atomic E-state index is 11.3. The fraction of sp³-hybridized carbons (Fsp3) is 0.375. The van der Waals surface area contributed by atoms with Gasteiger partial charge in [-0.05, 0) is 24.3 Å². The Balaban J connectivity index is 0.000000980. The van der Waals surface area contributed by atoms with Gasteiger partial charge in [0.05, 0.1) is 11.1 Å². The van der Waals surface area contributed by atoms with Gasteiger partial charge in [0.1, 0.15) is 0 Å². The number of carbonyl (C=O) groups excluding carboxylic acids is 4. The predicted molar refractivity (Wildman–Crippen MR) is 79.2 cm³/mol. The summed E-state index contributed by atoms with van der Waals surface area (Å²) in [4.78, 5) is 43.7. The van der Waals surface area contributed by atoms with Crippen molar-refractivity contribution >= 4 is 23.9 Å². The van der Waals surface area contributed by atoms with Crippen LogP contribution in [0.25, 0.3) is 0 Å². The molecule has 0 saturated heterocycles. The molecule has 0 N–H and O–H groups in total. The van der Waals surface area contributed by atoms with Crippen LogP contribution in [-0.4, -0.2) is 23.9 Å². The lowest BCUT2D eigenvalue weighted by Crippen LogP contribution is -2.11. The van der Waals surface area contributed by atoms with Crippen molar-refractivity contribution in [2.45, 2.75) is 40.5 Å². The second kappa shape index (κ2) is 10.3. The van der Waals surface area contributed by atoms with Crippen LogP contribution in [0.2, 0.25) is 0 Å². The van der Waals surface area contributed by atoms with E-state index in [1.165, 1.54) is 37.1 Å². The molecule has 120 valence electrons. The third-order valence-electron chi connectivity index (χ3n) is 2.33. The number of unbranched alkanes of at least 4 members (excludes halogenated alkanes) is 1. The van der Waals surface area contributed by atoms with Crippen LogP contribution in [0.5, 0.6) is 0 Å². The molecule has 0 aliphatic carbocycles. The number of esters is 4. The molecule has 1 aromatic carbocycles. The average molecular weight is 308 g/mol. The highest BCUT2D eigenvalue weighted by Crippen LogP contribution is 2.07. The molecular weight excluding hydrogens is 288 g/mol. The summed E-state index contributed by atoms with van der Waals surface area (Å²) in [6.07, 6.45) is 2.64. The van der Waals surface area contributed by atoms with Gasteiger partial charge in [-0.1, -0.05) is 26.7 Å². The van der Waals surface area contributed by atoms with Crippen LogP contribution in [0.3, 0.4) is 0 Å². The highest BCUT2D eigenvalue weighted by atomic mass is 16.6. The van der Waals surface area contributed by atoms with Crippen LogP contribution >= 0.6 is 0 Å². The molecule has 6 nitrogen and oxygen atoms in total. The van der Waals surface area contributed by atoms with E-state index in [0.717, 1.165) is 13.8 Å². The number of rotatable bonds is 3. The smallest absolute Gasteiger partial charge is 0.345 e. The fourth-order valence-corrected chi connectivity index (χ4v) is 1.12. The first-order valence-corrected chi connectivity index (χ1v) is 6.87. The highest BCUT2D eigenvalue weighted by Gasteiger charge is 2.13. The lowest BCUT2D eigenvalue weighted by molar-refractivity contribution is -0.136. The number of benzene rings is 1. The summed E-state index contributed by atoms with van der Waals surface area (Å²) in [6.45, 7) is 6.58. The Morgan fingerprint density at radius 3 is 1.18 bits per heavy atom. The normalized spacial score (nSPS) is 9.09. The second-order valence-electron chi connectivity index (χ2n) is 4.34. The third kappa shape index (κ3) is 7.94. The maximum atomic E-state index is 11.3. The molecule has 0 aliphatic heterocycles. The molecule has 0 fully saturated rings. The first-order valence-electron chi connectivity index (χ1n) is 6.87. The number of hydrogen-bond donors (Lipinski definition) is 0. The lowest BCUT2D eigenvalue weighted by Gasteiger charge is -2.02. The van der Waals surface area contributed by atoms with E-state index in [1.807, 2.05) is 0 Å². The largest absolute Gasteiger partial charge is 0.390 e. The van der Waals surface area contributed by atoms with Crippen LogP contribution in [0, 0.1) is 0 Å². The van der Waals surface area contributed by atoms with E-state index in [2.05, 4.69) is 23.3 Å². The SMILES string of the molecule is CC(=O)OC(=O)c1ccc(C(=O)OC(C)=O)cc1.CCCC. The molecule has 0 spiro atoms. The summed E-state index contributed by atoms with van der Waals surface area (Å²) in [5.74, 6) is -3.07. The molecule has 0 unspecified atom stereocenters. The Morgan fingerprint density at radius 2 is 1.00 bits per heavy atom. The molecule has 6 heteroatoms. The highest BCUT2D eigenvalue weighted by molar-refractivity contribution is 5.99. The van der Waals surface area contributed by atoms with Crippen molar-refractivity contribution in [3.8, 4) is 0 Å². The van der Waals surface area contributed by atoms with Crippen molar-refractivity contribution in [1.29, 1.82) is 0 Å². The van der Waals surface area contributed by atoms with Crippen molar-refractivity contribution in [3.63, 3.8) is 0 Å². The first-order chi connectivity index (χ1) is 10.3. The molecule has 0 bridgehead atoms. The van der Waals surface area contributed by atoms with Crippen LogP contribution in [-0.2, 0) is 19.1 Å². The molecule has 0 heterocycles. The third-order valence-corrected chi connectivity index (χ3v) is 2.33. The first kappa shape index (κ1) is 19.5. The average Bonchev–Trinajstić information content (AvgIpc) is 2.46. The Kier molecular flexibility index (Phi) is 9.09. The standard InChI is InChI=1S/C12H10O6.C4H10/c1-7(13)17-11(15)9-3-5-10(6-4-9)12(16)18-8(2)14;1-3-4-2/h3-6H,1-2H3;3-4H2,1-2H3. The van der Waals surface area contributed by atoms with Gasteiger partial charge >= 0.3 is 23.9 Å². The maximum Gasteiger partial charge on any atom is 0.345 e. The van der Waals surface area contributed by atoms with Crippen LogP contribution < -0.4 is 0 Å². The van der Waals surface area contributed by atoms with E-state index >= 15 is 0 Å². The van der Waals surface area contributed by atoms with E-state index in [-0.39, 0.29) is 11.1 Å². The minimum Gasteiger partial charge on any atom is -0.390 e. The van der Waals surface area contributed by atoms with E-state index in [0.29, 0.717) is 0 Å². The molecule has 0 aromatic heterocycles. The van der Waals surface area contributed by atoms with Crippen molar-refractivity contribution < 1.29 is 28.7 Å². The zero-order valence-corrected chi connectivity index (χ0v) is 13.2. The summed E-state index contributed by atoms with van der Waals surface area (Å²) in [5.41, 5.74) is 0.231. The zero-order chi connectivity index (χ0) is 17.1. The number of hydrogen-bond acceptors (Lipinski definition) is 6. The van der Waals surface area contributed by atoms with Gasteiger partial charge < -0.3 is 9.47 Å². The summed E-state index contributed by atoms with van der Waals surface area (Å²) < 4.78 is 8.71. The molecule has 1 aromatic rings. The van der Waals surface area contributed by atoms with E-state index in [1.54, 1.807) is 0 Å². The molecule has 1 rings (SSSR count). The van der Waals surface area contributed by atoms with Gasteiger partial charge in [-0.3, -0.25) is 9.59 Å². The second-order valence-corrected chi connectivity index (χ2v) is 4.34. The molecule has 0 radical (unpaired) electrons. The monoisotopic (exact) mass is 308 g/mol. The van der Waals surface area contributed by atoms with Gasteiger partial charge in [-0.25, -0.2) is 9.59 Å².